The van der Waals surface area contributed by atoms with E-state index in [1.807, 2.05) is 11.9 Å². The Morgan fingerprint density at radius 3 is 2.86 bits per heavy atom. The van der Waals surface area contributed by atoms with Gasteiger partial charge in [0.2, 0.25) is 0 Å². The first-order valence-electron chi connectivity index (χ1n) is 7.67. The van der Waals surface area contributed by atoms with Crippen molar-refractivity contribution in [2.24, 2.45) is 0 Å². The van der Waals surface area contributed by atoms with E-state index in [-0.39, 0.29) is 5.56 Å². The van der Waals surface area contributed by atoms with Crippen LogP contribution in [0.3, 0.4) is 0 Å². The molecular formula is C15H28N4O2. The van der Waals surface area contributed by atoms with Gasteiger partial charge in [0.15, 0.2) is 0 Å². The van der Waals surface area contributed by atoms with Crippen molar-refractivity contribution in [3.63, 3.8) is 0 Å². The highest BCUT2D eigenvalue weighted by molar-refractivity contribution is 5.41. The van der Waals surface area contributed by atoms with E-state index in [1.165, 1.54) is 4.68 Å². The minimum atomic E-state index is -0.0433. The Labute approximate surface area is 127 Å². The normalized spacial score (nSPS) is 10.8. The van der Waals surface area contributed by atoms with Crippen LogP contribution < -0.4 is 15.8 Å². The summed E-state index contributed by atoms with van der Waals surface area (Å²) in [5.74, 6) is 0. The molecule has 0 saturated carbocycles. The van der Waals surface area contributed by atoms with Gasteiger partial charge in [0, 0.05) is 33.3 Å². The molecule has 0 radical (unpaired) electrons. The van der Waals surface area contributed by atoms with E-state index < -0.39 is 0 Å². The topological polar surface area (TPSA) is 59.4 Å². The number of hydrogen-bond donors (Lipinski definition) is 1. The largest absolute Gasteiger partial charge is 0.383 e. The minimum absolute atomic E-state index is 0.0433. The van der Waals surface area contributed by atoms with Gasteiger partial charge in [0.25, 0.3) is 5.56 Å². The molecule has 1 aromatic rings. The number of aryl methyl sites for hydroxylation is 1. The fourth-order valence-electron chi connectivity index (χ4n) is 1.97. The lowest BCUT2D eigenvalue weighted by Gasteiger charge is -2.18. The third-order valence-electron chi connectivity index (χ3n) is 3.33. The summed E-state index contributed by atoms with van der Waals surface area (Å²) in [5, 5.41) is 7.60. The molecule has 1 heterocycles. The average Bonchev–Trinajstić information content (AvgIpc) is 2.49. The van der Waals surface area contributed by atoms with Crippen molar-refractivity contribution in [3.8, 4) is 0 Å². The molecule has 21 heavy (non-hydrogen) atoms. The molecule has 0 fully saturated rings. The van der Waals surface area contributed by atoms with E-state index in [2.05, 4.69) is 17.3 Å². The number of ether oxygens (including phenoxy) is 1. The second-order valence-corrected chi connectivity index (χ2v) is 5.15. The van der Waals surface area contributed by atoms with E-state index in [0.717, 1.165) is 44.6 Å². The lowest BCUT2D eigenvalue weighted by Crippen LogP contribution is -2.27. The van der Waals surface area contributed by atoms with Gasteiger partial charge in [-0.25, -0.2) is 4.68 Å². The molecule has 0 saturated heterocycles. The van der Waals surface area contributed by atoms with E-state index in [9.17, 15) is 4.79 Å². The van der Waals surface area contributed by atoms with Crippen LogP contribution in [-0.2, 0) is 11.3 Å². The van der Waals surface area contributed by atoms with Gasteiger partial charge in [-0.05, 0) is 32.4 Å². The highest BCUT2D eigenvalue weighted by Gasteiger charge is 2.04. The zero-order valence-electron chi connectivity index (χ0n) is 13.5. The van der Waals surface area contributed by atoms with Crippen LogP contribution >= 0.6 is 0 Å². The van der Waals surface area contributed by atoms with Gasteiger partial charge in [-0.3, -0.25) is 4.79 Å². The van der Waals surface area contributed by atoms with Crippen LogP contribution in [0.4, 0.5) is 5.69 Å². The van der Waals surface area contributed by atoms with Crippen LogP contribution in [0.1, 0.15) is 26.2 Å². The number of likely N-dealkylation sites (N-methyl/N-ethyl adjacent to an activating group) is 1. The fraction of sp³-hybridized carbons (Fsp3) is 0.733. The van der Waals surface area contributed by atoms with E-state index in [4.69, 9.17) is 4.74 Å². The summed E-state index contributed by atoms with van der Waals surface area (Å²) in [5.41, 5.74) is 0.788. The fourth-order valence-corrected chi connectivity index (χ4v) is 1.97. The van der Waals surface area contributed by atoms with Gasteiger partial charge >= 0.3 is 0 Å². The molecule has 0 spiro atoms. The molecule has 0 aliphatic heterocycles. The quantitative estimate of drug-likeness (QED) is 0.620. The van der Waals surface area contributed by atoms with Crippen LogP contribution in [0.25, 0.3) is 0 Å². The molecule has 0 aliphatic carbocycles. The van der Waals surface area contributed by atoms with Crippen LogP contribution in [0.15, 0.2) is 17.1 Å². The maximum Gasteiger partial charge on any atom is 0.268 e. The monoisotopic (exact) mass is 296 g/mol. The molecule has 0 unspecified atom stereocenters. The number of unbranched alkanes of at least 4 members (excludes halogenated alkanes) is 1. The Morgan fingerprint density at radius 2 is 2.19 bits per heavy atom. The number of anilines is 1. The van der Waals surface area contributed by atoms with Crippen molar-refractivity contribution in [3.05, 3.63) is 22.6 Å². The molecule has 0 aliphatic rings. The lowest BCUT2D eigenvalue weighted by molar-refractivity contribution is 0.206. The zero-order valence-corrected chi connectivity index (χ0v) is 13.5. The van der Waals surface area contributed by atoms with E-state index in [1.54, 1.807) is 19.4 Å². The van der Waals surface area contributed by atoms with Gasteiger partial charge in [-0.1, -0.05) is 6.92 Å². The first-order chi connectivity index (χ1) is 10.2. The average molecular weight is 296 g/mol. The Hall–Kier alpha value is -1.40. The summed E-state index contributed by atoms with van der Waals surface area (Å²) >= 11 is 0. The van der Waals surface area contributed by atoms with Crippen LogP contribution in [0.2, 0.25) is 0 Å². The maximum absolute atomic E-state index is 12.0. The van der Waals surface area contributed by atoms with Crippen LogP contribution in [0, 0.1) is 0 Å². The third-order valence-corrected chi connectivity index (χ3v) is 3.33. The second kappa shape index (κ2) is 10.3. The predicted octanol–water partition coefficient (Wildman–Crippen LogP) is 1.11. The highest BCUT2D eigenvalue weighted by atomic mass is 16.5. The molecule has 0 amide bonds. The molecule has 1 aromatic heterocycles. The van der Waals surface area contributed by atoms with Gasteiger partial charge in [-0.15, -0.1) is 0 Å². The molecule has 1 N–H and O–H groups in total. The van der Waals surface area contributed by atoms with Crippen molar-refractivity contribution in [1.29, 1.82) is 0 Å². The van der Waals surface area contributed by atoms with E-state index >= 15 is 0 Å². The first-order valence-corrected chi connectivity index (χ1v) is 7.67. The molecule has 120 valence electrons. The van der Waals surface area contributed by atoms with Crippen LogP contribution in [0.5, 0.6) is 0 Å². The summed E-state index contributed by atoms with van der Waals surface area (Å²) in [6.07, 6.45) is 4.91. The smallest absolute Gasteiger partial charge is 0.268 e. The van der Waals surface area contributed by atoms with Crippen molar-refractivity contribution < 1.29 is 4.74 Å². The summed E-state index contributed by atoms with van der Waals surface area (Å²) in [4.78, 5) is 14.0. The van der Waals surface area contributed by atoms with Gasteiger partial charge in [-0.2, -0.15) is 5.10 Å². The summed E-state index contributed by atoms with van der Waals surface area (Å²) in [6.45, 7) is 6.26. The number of hydrogen-bond acceptors (Lipinski definition) is 5. The Kier molecular flexibility index (Phi) is 8.69. The minimum Gasteiger partial charge on any atom is -0.383 e. The Bertz CT molecular complexity index is 448. The van der Waals surface area contributed by atoms with Crippen LogP contribution in [-0.4, -0.2) is 50.2 Å². The standard InChI is InChI=1S/C15H28N4O2/c1-4-7-16-8-5-6-9-19-15(20)12-14(13-17-19)18(2)10-11-21-3/h12-13,16H,4-11H2,1-3H3. The predicted molar refractivity (Wildman–Crippen MR) is 86.0 cm³/mol. The van der Waals surface area contributed by atoms with Crippen molar-refractivity contribution in [1.82, 2.24) is 15.1 Å². The van der Waals surface area contributed by atoms with Gasteiger partial charge < -0.3 is 15.0 Å². The molecule has 6 heteroatoms. The lowest BCUT2D eigenvalue weighted by atomic mass is 10.3. The van der Waals surface area contributed by atoms with Crippen molar-refractivity contribution in [2.75, 3.05) is 45.3 Å². The second-order valence-electron chi connectivity index (χ2n) is 5.15. The molecule has 6 nitrogen and oxygen atoms in total. The number of rotatable bonds is 11. The van der Waals surface area contributed by atoms with Crippen molar-refractivity contribution in [2.45, 2.75) is 32.7 Å². The SMILES string of the molecule is CCCNCCCCn1ncc(N(C)CCOC)cc1=O. The van der Waals surface area contributed by atoms with Crippen molar-refractivity contribution >= 4 is 5.69 Å². The third kappa shape index (κ3) is 6.73. The highest BCUT2D eigenvalue weighted by Crippen LogP contribution is 2.06. The Balaban J connectivity index is 2.41. The van der Waals surface area contributed by atoms with E-state index in [0.29, 0.717) is 13.2 Å². The number of methoxy groups -OCH3 is 1. The molecular weight excluding hydrogens is 268 g/mol. The summed E-state index contributed by atoms with van der Waals surface area (Å²) < 4.78 is 6.57. The van der Waals surface area contributed by atoms with Gasteiger partial charge in [0.05, 0.1) is 18.5 Å². The molecule has 1 rings (SSSR count). The number of aromatic nitrogens is 2. The Morgan fingerprint density at radius 1 is 1.38 bits per heavy atom. The first kappa shape index (κ1) is 17.7. The molecule has 0 bridgehead atoms. The zero-order chi connectivity index (χ0) is 15.5. The molecule has 0 aromatic carbocycles. The molecule has 0 atom stereocenters. The summed E-state index contributed by atoms with van der Waals surface area (Å²) in [6, 6.07) is 1.64. The van der Waals surface area contributed by atoms with Gasteiger partial charge in [0.1, 0.15) is 0 Å². The maximum atomic E-state index is 12.0. The number of nitrogens with zero attached hydrogens (tertiary/aromatic N) is 3. The number of nitrogens with one attached hydrogen (secondary N) is 1. The summed E-state index contributed by atoms with van der Waals surface area (Å²) in [7, 11) is 3.60.